The highest BCUT2D eigenvalue weighted by atomic mass is 16.3. The van der Waals surface area contributed by atoms with Gasteiger partial charge in [0, 0.05) is 0 Å². The Morgan fingerprint density at radius 3 is 2.38 bits per heavy atom. The molecule has 3 unspecified atom stereocenters. The van der Waals surface area contributed by atoms with E-state index in [2.05, 4.69) is 27.7 Å². The molecule has 13 heavy (non-hydrogen) atoms. The highest BCUT2D eigenvalue weighted by Gasteiger charge is 2.35. The predicted octanol–water partition coefficient (Wildman–Crippen LogP) is 3.22. The van der Waals surface area contributed by atoms with Gasteiger partial charge >= 0.3 is 0 Å². The van der Waals surface area contributed by atoms with E-state index >= 15 is 0 Å². The number of aliphatic hydroxyl groups is 1. The van der Waals surface area contributed by atoms with Gasteiger partial charge in [0.15, 0.2) is 0 Å². The van der Waals surface area contributed by atoms with Crippen LogP contribution in [0, 0.1) is 17.8 Å². The van der Waals surface area contributed by atoms with Gasteiger partial charge in [0.25, 0.3) is 0 Å². The minimum atomic E-state index is -0.347. The smallest absolute Gasteiger partial charge is 0.0653 e. The third-order valence-corrected chi connectivity index (χ3v) is 3.53. The SMILES string of the molecule is CC(C)CC1(O)CCC(C)C(C)C1. The second-order valence-electron chi connectivity index (χ2n) is 5.52. The maximum Gasteiger partial charge on any atom is 0.0653 e. The molecule has 3 atom stereocenters. The van der Waals surface area contributed by atoms with Gasteiger partial charge < -0.3 is 5.11 Å². The van der Waals surface area contributed by atoms with E-state index in [9.17, 15) is 5.11 Å². The van der Waals surface area contributed by atoms with Crippen LogP contribution >= 0.6 is 0 Å². The summed E-state index contributed by atoms with van der Waals surface area (Å²) in [6.07, 6.45) is 4.19. The third kappa shape index (κ3) is 2.98. The molecule has 1 aliphatic carbocycles. The van der Waals surface area contributed by atoms with Crippen molar-refractivity contribution in [3.63, 3.8) is 0 Å². The van der Waals surface area contributed by atoms with Crippen molar-refractivity contribution in [3.05, 3.63) is 0 Å². The first-order valence-electron chi connectivity index (χ1n) is 5.65. The Bertz CT molecular complexity index is 165. The van der Waals surface area contributed by atoms with Crippen LogP contribution in [0.4, 0.5) is 0 Å². The molecule has 1 nitrogen and oxygen atoms in total. The van der Waals surface area contributed by atoms with Gasteiger partial charge in [0.2, 0.25) is 0 Å². The standard InChI is InChI=1S/C12H24O/c1-9(2)7-12(13)6-5-10(3)11(4)8-12/h9-11,13H,5-8H2,1-4H3. The van der Waals surface area contributed by atoms with E-state index in [0.29, 0.717) is 11.8 Å². The molecular formula is C12H24O. The molecule has 0 amide bonds. The highest BCUT2D eigenvalue weighted by Crippen LogP contribution is 2.39. The lowest BCUT2D eigenvalue weighted by atomic mass is 9.70. The van der Waals surface area contributed by atoms with E-state index < -0.39 is 0 Å². The molecule has 0 spiro atoms. The Morgan fingerprint density at radius 2 is 1.92 bits per heavy atom. The van der Waals surface area contributed by atoms with Crippen molar-refractivity contribution in [2.45, 2.75) is 59.0 Å². The predicted molar refractivity (Wildman–Crippen MR) is 56.6 cm³/mol. The van der Waals surface area contributed by atoms with Gasteiger partial charge in [-0.1, -0.05) is 27.7 Å². The lowest BCUT2D eigenvalue weighted by Gasteiger charge is -2.40. The van der Waals surface area contributed by atoms with Crippen LogP contribution in [0.15, 0.2) is 0 Å². The Hall–Kier alpha value is -0.0400. The summed E-state index contributed by atoms with van der Waals surface area (Å²) in [5, 5.41) is 10.3. The van der Waals surface area contributed by atoms with Gasteiger partial charge in [-0.05, 0) is 43.4 Å². The van der Waals surface area contributed by atoms with Gasteiger partial charge in [-0.2, -0.15) is 0 Å². The number of rotatable bonds is 2. The monoisotopic (exact) mass is 184 g/mol. The second kappa shape index (κ2) is 4.00. The topological polar surface area (TPSA) is 20.2 Å². The van der Waals surface area contributed by atoms with Crippen LogP contribution in [0.25, 0.3) is 0 Å². The fourth-order valence-corrected chi connectivity index (χ4v) is 2.63. The Balaban J connectivity index is 2.51. The molecular weight excluding hydrogens is 160 g/mol. The van der Waals surface area contributed by atoms with Crippen molar-refractivity contribution in [2.75, 3.05) is 0 Å². The van der Waals surface area contributed by atoms with Crippen LogP contribution in [-0.4, -0.2) is 10.7 Å². The van der Waals surface area contributed by atoms with Gasteiger partial charge in [-0.25, -0.2) is 0 Å². The summed E-state index contributed by atoms with van der Waals surface area (Å²) in [4.78, 5) is 0. The second-order valence-corrected chi connectivity index (χ2v) is 5.52. The number of hydrogen-bond donors (Lipinski definition) is 1. The van der Waals surface area contributed by atoms with Gasteiger partial charge in [0.1, 0.15) is 0 Å². The normalized spacial score (nSPS) is 41.1. The molecule has 0 aromatic carbocycles. The first kappa shape index (κ1) is 11.0. The maximum absolute atomic E-state index is 10.3. The van der Waals surface area contributed by atoms with Crippen molar-refractivity contribution in [1.29, 1.82) is 0 Å². The van der Waals surface area contributed by atoms with E-state index in [1.165, 1.54) is 6.42 Å². The van der Waals surface area contributed by atoms with Crippen molar-refractivity contribution in [1.82, 2.24) is 0 Å². The Labute approximate surface area is 82.5 Å². The van der Waals surface area contributed by atoms with Gasteiger partial charge in [0.05, 0.1) is 5.60 Å². The summed E-state index contributed by atoms with van der Waals surface area (Å²) >= 11 is 0. The van der Waals surface area contributed by atoms with Crippen LogP contribution in [-0.2, 0) is 0 Å². The van der Waals surface area contributed by atoms with Crippen molar-refractivity contribution in [2.24, 2.45) is 17.8 Å². The molecule has 78 valence electrons. The van der Waals surface area contributed by atoms with Crippen molar-refractivity contribution in [3.8, 4) is 0 Å². The minimum absolute atomic E-state index is 0.347. The van der Waals surface area contributed by atoms with Crippen molar-refractivity contribution >= 4 is 0 Å². The Morgan fingerprint density at radius 1 is 1.31 bits per heavy atom. The van der Waals surface area contributed by atoms with Gasteiger partial charge in [-0.3, -0.25) is 0 Å². The first-order chi connectivity index (χ1) is 5.93. The molecule has 0 aliphatic heterocycles. The summed E-state index contributed by atoms with van der Waals surface area (Å²) in [6, 6.07) is 0. The molecule has 0 aromatic heterocycles. The molecule has 0 radical (unpaired) electrons. The van der Waals surface area contributed by atoms with Gasteiger partial charge in [-0.15, -0.1) is 0 Å². The zero-order chi connectivity index (χ0) is 10.1. The fraction of sp³-hybridized carbons (Fsp3) is 1.00. The van der Waals surface area contributed by atoms with Crippen LogP contribution in [0.1, 0.15) is 53.4 Å². The van der Waals surface area contributed by atoms with Crippen molar-refractivity contribution < 1.29 is 5.11 Å². The van der Waals surface area contributed by atoms with E-state index in [1.807, 2.05) is 0 Å². The molecule has 1 fully saturated rings. The van der Waals surface area contributed by atoms with E-state index in [0.717, 1.165) is 25.2 Å². The van der Waals surface area contributed by atoms with E-state index in [1.54, 1.807) is 0 Å². The molecule has 0 aromatic rings. The first-order valence-corrected chi connectivity index (χ1v) is 5.65. The minimum Gasteiger partial charge on any atom is -0.390 e. The molecule has 0 heterocycles. The summed E-state index contributed by atoms with van der Waals surface area (Å²) in [5.41, 5.74) is -0.347. The maximum atomic E-state index is 10.3. The third-order valence-electron chi connectivity index (χ3n) is 3.53. The zero-order valence-corrected chi connectivity index (χ0v) is 9.51. The Kier molecular flexibility index (Phi) is 3.39. The summed E-state index contributed by atoms with van der Waals surface area (Å²) in [6.45, 7) is 8.97. The van der Waals surface area contributed by atoms with Crippen LogP contribution in [0.3, 0.4) is 0 Å². The number of hydrogen-bond acceptors (Lipinski definition) is 1. The lowest BCUT2D eigenvalue weighted by Crippen LogP contribution is -2.38. The molecule has 0 saturated heterocycles. The zero-order valence-electron chi connectivity index (χ0n) is 9.51. The quantitative estimate of drug-likeness (QED) is 0.698. The molecule has 1 aliphatic rings. The molecule has 0 bridgehead atoms. The summed E-state index contributed by atoms with van der Waals surface area (Å²) in [5.74, 6) is 2.11. The van der Waals surface area contributed by atoms with Crippen LogP contribution in [0.5, 0.6) is 0 Å². The fourth-order valence-electron chi connectivity index (χ4n) is 2.63. The average Bonchev–Trinajstić information content (AvgIpc) is 1.96. The molecule has 1 N–H and O–H groups in total. The van der Waals surface area contributed by atoms with E-state index in [-0.39, 0.29) is 5.60 Å². The molecule has 1 saturated carbocycles. The van der Waals surface area contributed by atoms with Crippen LogP contribution < -0.4 is 0 Å². The molecule has 1 heteroatoms. The van der Waals surface area contributed by atoms with E-state index in [4.69, 9.17) is 0 Å². The summed E-state index contributed by atoms with van der Waals surface area (Å²) in [7, 11) is 0. The highest BCUT2D eigenvalue weighted by molar-refractivity contribution is 4.88. The van der Waals surface area contributed by atoms with Crippen LogP contribution in [0.2, 0.25) is 0 Å². The average molecular weight is 184 g/mol. The summed E-state index contributed by atoms with van der Waals surface area (Å²) < 4.78 is 0. The largest absolute Gasteiger partial charge is 0.390 e. The lowest BCUT2D eigenvalue weighted by molar-refractivity contribution is -0.0434. The molecule has 1 rings (SSSR count).